The van der Waals surface area contributed by atoms with Gasteiger partial charge in [-0.05, 0) is 107 Å². The van der Waals surface area contributed by atoms with Gasteiger partial charge in [0.1, 0.15) is 7.28 Å². The predicted octanol–water partition coefficient (Wildman–Crippen LogP) is 6.21. The Bertz CT molecular complexity index is 1480. The number of nitrogens with zero attached hydrogens (tertiary/aromatic N) is 1. The third-order valence-corrected chi connectivity index (χ3v) is 12.0. The summed E-state index contributed by atoms with van der Waals surface area (Å²) < 4.78 is 0. The molecule has 7 unspecified atom stereocenters. The van der Waals surface area contributed by atoms with Gasteiger partial charge >= 0.3 is 11.9 Å². The lowest BCUT2D eigenvalue weighted by Crippen LogP contribution is -2.57. The van der Waals surface area contributed by atoms with Crippen molar-refractivity contribution in [2.45, 2.75) is 97.0 Å². The van der Waals surface area contributed by atoms with Crippen LogP contribution < -0.4 is 10.6 Å². The minimum atomic E-state index is -0.845. The predicted molar refractivity (Wildman–Crippen MR) is 190 cm³/mol. The Morgan fingerprint density at radius 1 is 1.04 bits per heavy atom. The lowest BCUT2D eigenvalue weighted by atomic mass is 9.63. The SMILES string of the molecule is CNCCCC(C)(Cc1cccc(CN(C/C=C(\C)C2C(C)C3(C)[B]C23)Cc2cccc(CC(C)(C(=O)O)C3CCN3)c2)c1)C(=O)O. The highest BCUT2D eigenvalue weighted by Gasteiger charge is 2.69. The van der Waals surface area contributed by atoms with Crippen molar-refractivity contribution in [3.05, 3.63) is 82.4 Å². The van der Waals surface area contributed by atoms with Gasteiger partial charge in [-0.2, -0.15) is 0 Å². The molecule has 47 heavy (non-hydrogen) atoms. The molecular weight excluding hydrogens is 585 g/mol. The first-order chi connectivity index (χ1) is 22.3. The molecule has 4 N–H and O–H groups in total. The van der Waals surface area contributed by atoms with E-state index in [0.717, 1.165) is 56.7 Å². The highest BCUT2D eigenvalue weighted by atomic mass is 16.4. The molecule has 3 aliphatic rings. The van der Waals surface area contributed by atoms with E-state index in [0.29, 0.717) is 42.2 Å². The van der Waals surface area contributed by atoms with Crippen LogP contribution in [0.3, 0.4) is 0 Å². The third-order valence-electron chi connectivity index (χ3n) is 12.0. The van der Waals surface area contributed by atoms with E-state index in [4.69, 9.17) is 0 Å². The molecule has 1 aliphatic carbocycles. The van der Waals surface area contributed by atoms with E-state index in [-0.39, 0.29) is 6.04 Å². The zero-order chi connectivity index (χ0) is 34.0. The number of benzene rings is 2. The molecule has 2 heterocycles. The number of carboxylic acids is 2. The second-order valence-electron chi connectivity index (χ2n) is 15.6. The lowest BCUT2D eigenvalue weighted by molar-refractivity contribution is -0.151. The van der Waals surface area contributed by atoms with E-state index in [2.05, 4.69) is 98.2 Å². The van der Waals surface area contributed by atoms with E-state index >= 15 is 0 Å². The summed E-state index contributed by atoms with van der Waals surface area (Å²) in [6, 6.07) is 16.9. The minimum Gasteiger partial charge on any atom is -0.481 e. The fraction of sp³-hybridized carbons (Fsp3) is 0.590. The number of hydrogen-bond acceptors (Lipinski definition) is 5. The van der Waals surface area contributed by atoms with E-state index in [9.17, 15) is 19.8 Å². The molecule has 0 bridgehead atoms. The molecule has 7 atom stereocenters. The van der Waals surface area contributed by atoms with Crippen LogP contribution in [0.2, 0.25) is 11.1 Å². The Morgan fingerprint density at radius 3 is 2.13 bits per heavy atom. The fourth-order valence-electron chi connectivity index (χ4n) is 8.31. The summed E-state index contributed by atoms with van der Waals surface area (Å²) in [6.45, 7) is 14.7. The molecule has 253 valence electrons. The van der Waals surface area contributed by atoms with Crippen molar-refractivity contribution in [3.63, 3.8) is 0 Å². The van der Waals surface area contributed by atoms with Gasteiger partial charge in [-0.15, -0.1) is 0 Å². The van der Waals surface area contributed by atoms with E-state index < -0.39 is 22.8 Å². The molecule has 2 aromatic carbocycles. The Balaban J connectivity index is 1.34. The first-order valence-electron chi connectivity index (χ1n) is 17.5. The number of allylic oxidation sites excluding steroid dienone is 1. The fourth-order valence-corrected chi connectivity index (χ4v) is 8.31. The number of rotatable bonds is 18. The Labute approximate surface area is 282 Å². The molecule has 0 spiro atoms. The van der Waals surface area contributed by atoms with Gasteiger partial charge < -0.3 is 20.8 Å². The van der Waals surface area contributed by atoms with Gasteiger partial charge in [0.15, 0.2) is 0 Å². The number of hydrogen-bond donors (Lipinski definition) is 4. The summed E-state index contributed by atoms with van der Waals surface area (Å²) >= 11 is 0. The van der Waals surface area contributed by atoms with Gasteiger partial charge in [0.25, 0.3) is 0 Å². The molecule has 2 aliphatic heterocycles. The van der Waals surface area contributed by atoms with Crippen LogP contribution in [0, 0.1) is 22.7 Å². The van der Waals surface area contributed by atoms with Crippen molar-refractivity contribution < 1.29 is 19.8 Å². The molecule has 3 fully saturated rings. The number of carbonyl (C=O) groups is 2. The summed E-state index contributed by atoms with van der Waals surface area (Å²) in [5, 5.41) is 27.1. The summed E-state index contributed by atoms with van der Waals surface area (Å²) in [6.07, 6.45) is 5.72. The molecule has 0 amide bonds. The van der Waals surface area contributed by atoms with Crippen molar-refractivity contribution in [2.75, 3.05) is 26.7 Å². The number of carboxylic acid groups (broad SMARTS) is 2. The first-order valence-corrected chi connectivity index (χ1v) is 17.5. The van der Waals surface area contributed by atoms with Crippen molar-refractivity contribution in [3.8, 4) is 0 Å². The van der Waals surface area contributed by atoms with Crippen LogP contribution in [0.15, 0.2) is 60.2 Å². The van der Waals surface area contributed by atoms with Crippen molar-refractivity contribution >= 4 is 19.2 Å². The van der Waals surface area contributed by atoms with Gasteiger partial charge in [-0.1, -0.05) is 85.2 Å². The smallest absolute Gasteiger partial charge is 0.311 e. The van der Waals surface area contributed by atoms with Crippen LogP contribution in [-0.2, 0) is 35.5 Å². The molecule has 1 saturated carbocycles. The molecule has 8 heteroatoms. The topological polar surface area (TPSA) is 102 Å². The van der Waals surface area contributed by atoms with Crippen molar-refractivity contribution in [1.82, 2.24) is 15.5 Å². The van der Waals surface area contributed by atoms with E-state index in [1.54, 1.807) is 0 Å². The summed E-state index contributed by atoms with van der Waals surface area (Å²) in [5.41, 5.74) is 4.24. The van der Waals surface area contributed by atoms with Gasteiger partial charge in [0, 0.05) is 25.7 Å². The second-order valence-corrected chi connectivity index (χ2v) is 15.6. The number of aliphatic carboxylic acids is 2. The Morgan fingerprint density at radius 2 is 1.64 bits per heavy atom. The largest absolute Gasteiger partial charge is 0.481 e. The monoisotopic (exact) mass is 640 g/mol. The maximum absolute atomic E-state index is 12.4. The van der Waals surface area contributed by atoms with Crippen LogP contribution in [0.1, 0.15) is 76.1 Å². The van der Waals surface area contributed by atoms with Crippen LogP contribution in [0.25, 0.3) is 0 Å². The average molecular weight is 641 g/mol. The van der Waals surface area contributed by atoms with E-state index in [1.165, 1.54) is 16.7 Å². The van der Waals surface area contributed by atoms with Gasteiger partial charge in [0.2, 0.25) is 0 Å². The van der Waals surface area contributed by atoms with Crippen LogP contribution in [0.5, 0.6) is 0 Å². The standard InChI is InChI=1S/C39H55BN3O4/c1-26(33-27(2)39(5)34(33)40-39)15-19-43(24-30-12-7-10-28(20-30)22-37(3,35(44)45)16-9-17-41-6)25-31-13-8-11-29(21-31)23-38(4,36(46)47)32-14-18-42-32/h7-8,10-13,15,20-21,27,32-34,41-42H,9,14,16-19,22-25H2,1-6H3,(H,44,45)(H,46,47)/b26-15+. The minimum absolute atomic E-state index is 0.00805. The maximum Gasteiger partial charge on any atom is 0.311 e. The highest BCUT2D eigenvalue weighted by Crippen LogP contribution is 2.79. The highest BCUT2D eigenvalue weighted by molar-refractivity contribution is 6.58. The normalized spacial score (nSPS) is 27.4. The summed E-state index contributed by atoms with van der Waals surface area (Å²) in [5.74, 6) is 0.510. The number of fused-ring (bicyclic) bond motifs is 1. The first kappa shape index (κ1) is 35.4. The van der Waals surface area contributed by atoms with Crippen LogP contribution in [0.4, 0.5) is 0 Å². The van der Waals surface area contributed by atoms with Crippen molar-refractivity contribution in [1.29, 1.82) is 0 Å². The van der Waals surface area contributed by atoms with E-state index in [1.807, 2.05) is 20.9 Å². The summed E-state index contributed by atoms with van der Waals surface area (Å²) in [4.78, 5) is 27.1. The lowest BCUT2D eigenvalue weighted by Gasteiger charge is -2.43. The van der Waals surface area contributed by atoms with Crippen LogP contribution in [-0.4, -0.2) is 67.1 Å². The number of nitrogens with one attached hydrogen (secondary N) is 2. The van der Waals surface area contributed by atoms with Crippen LogP contribution >= 0.6 is 0 Å². The zero-order valence-electron chi connectivity index (χ0n) is 29.3. The third kappa shape index (κ3) is 7.71. The molecule has 7 nitrogen and oxygen atoms in total. The second kappa shape index (κ2) is 14.3. The van der Waals surface area contributed by atoms with Crippen molar-refractivity contribution in [2.24, 2.45) is 22.7 Å². The Kier molecular flexibility index (Phi) is 10.7. The molecule has 0 aromatic heterocycles. The maximum atomic E-state index is 12.4. The molecule has 2 aromatic rings. The van der Waals surface area contributed by atoms with Gasteiger partial charge in [-0.3, -0.25) is 14.5 Å². The summed E-state index contributed by atoms with van der Waals surface area (Å²) in [7, 11) is 4.41. The zero-order valence-corrected chi connectivity index (χ0v) is 29.3. The molecule has 1 radical (unpaired) electrons. The molecule has 2 saturated heterocycles. The van der Waals surface area contributed by atoms with Gasteiger partial charge in [0.05, 0.1) is 10.8 Å². The Hall–Kier alpha value is -2.94. The average Bonchev–Trinajstić information content (AvgIpc) is 3.59. The molecular formula is C39H55BN3O4. The van der Waals surface area contributed by atoms with Gasteiger partial charge in [-0.25, -0.2) is 0 Å². The quantitative estimate of drug-likeness (QED) is 0.0873. The molecule has 5 rings (SSSR count).